The van der Waals surface area contributed by atoms with Gasteiger partial charge in [-0.15, -0.1) is 0 Å². The first-order valence-corrected chi connectivity index (χ1v) is 5.48. The van der Waals surface area contributed by atoms with Crippen LogP contribution in [0.1, 0.15) is 12.8 Å². The van der Waals surface area contributed by atoms with Crippen molar-refractivity contribution in [3.8, 4) is 0 Å². The van der Waals surface area contributed by atoms with Crippen molar-refractivity contribution < 1.29 is 19.4 Å². The minimum absolute atomic E-state index is 0.0543. The standard InChI is InChI=1S/C10H18N2O4/c13-9(12-4-6-16-7-5-12)8-11-3-1-2-10(14)15/h11H,1-8H2,(H,14,15). The van der Waals surface area contributed by atoms with Gasteiger partial charge in [0.2, 0.25) is 5.91 Å². The van der Waals surface area contributed by atoms with Crippen molar-refractivity contribution in [1.29, 1.82) is 0 Å². The van der Waals surface area contributed by atoms with E-state index in [2.05, 4.69) is 5.32 Å². The van der Waals surface area contributed by atoms with Gasteiger partial charge in [0.25, 0.3) is 0 Å². The molecule has 0 bridgehead atoms. The Labute approximate surface area is 94.6 Å². The molecule has 2 N–H and O–H groups in total. The van der Waals surface area contributed by atoms with Crippen molar-refractivity contribution >= 4 is 11.9 Å². The molecule has 0 aliphatic carbocycles. The van der Waals surface area contributed by atoms with Gasteiger partial charge in [0, 0.05) is 19.5 Å². The number of nitrogens with zero attached hydrogens (tertiary/aromatic N) is 1. The molecule has 0 aromatic carbocycles. The zero-order valence-corrected chi connectivity index (χ0v) is 9.28. The third kappa shape index (κ3) is 5.09. The summed E-state index contributed by atoms with van der Waals surface area (Å²) in [4.78, 5) is 23.6. The Morgan fingerprint density at radius 3 is 2.62 bits per heavy atom. The van der Waals surface area contributed by atoms with Gasteiger partial charge in [0.05, 0.1) is 19.8 Å². The number of carboxylic acids is 1. The summed E-state index contributed by atoms with van der Waals surface area (Å²) < 4.78 is 5.14. The smallest absolute Gasteiger partial charge is 0.303 e. The van der Waals surface area contributed by atoms with Crippen molar-refractivity contribution in [2.75, 3.05) is 39.4 Å². The Morgan fingerprint density at radius 1 is 1.31 bits per heavy atom. The molecule has 1 saturated heterocycles. The van der Waals surface area contributed by atoms with Gasteiger partial charge in [-0.2, -0.15) is 0 Å². The summed E-state index contributed by atoms with van der Waals surface area (Å²) in [6.45, 7) is 3.34. The van der Waals surface area contributed by atoms with E-state index in [-0.39, 0.29) is 18.9 Å². The molecule has 92 valence electrons. The fraction of sp³-hybridized carbons (Fsp3) is 0.800. The van der Waals surface area contributed by atoms with Gasteiger partial charge in [0.1, 0.15) is 0 Å². The molecular weight excluding hydrogens is 212 g/mol. The predicted octanol–water partition coefficient (Wildman–Crippen LogP) is -0.700. The van der Waals surface area contributed by atoms with Crippen LogP contribution in [0.3, 0.4) is 0 Å². The van der Waals surface area contributed by atoms with E-state index < -0.39 is 5.97 Å². The van der Waals surface area contributed by atoms with E-state index in [9.17, 15) is 9.59 Å². The number of carbonyl (C=O) groups is 2. The molecule has 0 aromatic rings. The van der Waals surface area contributed by atoms with Gasteiger partial charge in [0.15, 0.2) is 0 Å². The second kappa shape index (κ2) is 7.19. The van der Waals surface area contributed by atoms with Crippen LogP contribution < -0.4 is 5.32 Å². The van der Waals surface area contributed by atoms with E-state index in [1.165, 1.54) is 0 Å². The number of nitrogens with one attached hydrogen (secondary N) is 1. The molecule has 0 atom stereocenters. The molecule has 1 heterocycles. The van der Waals surface area contributed by atoms with E-state index in [1.807, 2.05) is 0 Å². The molecule has 16 heavy (non-hydrogen) atoms. The Bertz CT molecular complexity index is 239. The average molecular weight is 230 g/mol. The fourth-order valence-corrected chi connectivity index (χ4v) is 1.48. The number of carboxylic acid groups (broad SMARTS) is 1. The Morgan fingerprint density at radius 2 is 2.00 bits per heavy atom. The van der Waals surface area contributed by atoms with Crippen LogP contribution in [-0.2, 0) is 14.3 Å². The highest BCUT2D eigenvalue weighted by Crippen LogP contribution is 1.96. The van der Waals surface area contributed by atoms with Crippen molar-refractivity contribution in [1.82, 2.24) is 10.2 Å². The van der Waals surface area contributed by atoms with Crippen LogP contribution in [-0.4, -0.2) is 61.3 Å². The molecule has 6 heteroatoms. The van der Waals surface area contributed by atoms with Gasteiger partial charge in [-0.25, -0.2) is 0 Å². The maximum Gasteiger partial charge on any atom is 0.303 e. The van der Waals surface area contributed by atoms with Crippen LogP contribution >= 0.6 is 0 Å². The summed E-state index contributed by atoms with van der Waals surface area (Å²) in [6, 6.07) is 0. The zero-order valence-electron chi connectivity index (χ0n) is 9.28. The van der Waals surface area contributed by atoms with E-state index in [0.29, 0.717) is 39.3 Å². The Balaban J connectivity index is 2.03. The van der Waals surface area contributed by atoms with Gasteiger partial charge in [-0.05, 0) is 13.0 Å². The largest absolute Gasteiger partial charge is 0.481 e. The number of aliphatic carboxylic acids is 1. The van der Waals surface area contributed by atoms with E-state index >= 15 is 0 Å². The maximum absolute atomic E-state index is 11.6. The summed E-state index contributed by atoms with van der Waals surface area (Å²) in [5.41, 5.74) is 0. The first-order valence-electron chi connectivity index (χ1n) is 5.48. The minimum Gasteiger partial charge on any atom is -0.481 e. The molecule has 6 nitrogen and oxygen atoms in total. The molecule has 0 saturated carbocycles. The van der Waals surface area contributed by atoms with Crippen molar-refractivity contribution in [3.05, 3.63) is 0 Å². The van der Waals surface area contributed by atoms with Crippen LogP contribution in [0.15, 0.2) is 0 Å². The summed E-state index contributed by atoms with van der Waals surface area (Å²) in [7, 11) is 0. The molecule has 1 rings (SSSR count). The van der Waals surface area contributed by atoms with E-state index in [1.54, 1.807) is 4.90 Å². The summed E-state index contributed by atoms with van der Waals surface area (Å²) in [5, 5.41) is 11.4. The first kappa shape index (κ1) is 12.9. The molecule has 0 unspecified atom stereocenters. The number of hydrogen-bond donors (Lipinski definition) is 2. The van der Waals surface area contributed by atoms with Crippen molar-refractivity contribution in [2.45, 2.75) is 12.8 Å². The highest BCUT2D eigenvalue weighted by molar-refractivity contribution is 5.78. The molecule has 0 radical (unpaired) electrons. The van der Waals surface area contributed by atoms with E-state index in [0.717, 1.165) is 0 Å². The topological polar surface area (TPSA) is 78.9 Å². The SMILES string of the molecule is O=C(O)CCCNCC(=O)N1CCOCC1. The molecule has 1 aliphatic heterocycles. The lowest BCUT2D eigenvalue weighted by molar-refractivity contribution is -0.137. The third-order valence-electron chi connectivity index (χ3n) is 2.38. The zero-order chi connectivity index (χ0) is 11.8. The highest BCUT2D eigenvalue weighted by Gasteiger charge is 2.15. The van der Waals surface area contributed by atoms with Gasteiger partial charge in [-0.1, -0.05) is 0 Å². The Hall–Kier alpha value is -1.14. The van der Waals surface area contributed by atoms with Crippen molar-refractivity contribution in [2.24, 2.45) is 0 Å². The lowest BCUT2D eigenvalue weighted by Crippen LogP contribution is -2.44. The van der Waals surface area contributed by atoms with E-state index in [4.69, 9.17) is 9.84 Å². The number of carbonyl (C=O) groups excluding carboxylic acids is 1. The lowest BCUT2D eigenvalue weighted by atomic mass is 10.3. The van der Waals surface area contributed by atoms with Gasteiger partial charge >= 0.3 is 5.97 Å². The molecule has 0 spiro atoms. The van der Waals surface area contributed by atoms with Crippen LogP contribution in [0.25, 0.3) is 0 Å². The minimum atomic E-state index is -0.804. The predicted molar refractivity (Wildman–Crippen MR) is 57.1 cm³/mol. The Kier molecular flexibility index (Phi) is 5.81. The normalized spacial score (nSPS) is 16.1. The molecule has 1 amide bonds. The van der Waals surface area contributed by atoms with Crippen molar-refractivity contribution in [3.63, 3.8) is 0 Å². The van der Waals surface area contributed by atoms with Gasteiger partial charge < -0.3 is 20.1 Å². The van der Waals surface area contributed by atoms with Crippen LogP contribution in [0, 0.1) is 0 Å². The molecule has 0 aromatic heterocycles. The molecular formula is C10H18N2O4. The fourth-order valence-electron chi connectivity index (χ4n) is 1.48. The molecule has 1 fully saturated rings. The number of rotatable bonds is 6. The summed E-state index contributed by atoms with van der Waals surface area (Å²) in [5.74, 6) is -0.750. The highest BCUT2D eigenvalue weighted by atomic mass is 16.5. The third-order valence-corrected chi connectivity index (χ3v) is 2.38. The quantitative estimate of drug-likeness (QED) is 0.590. The second-order valence-corrected chi connectivity index (χ2v) is 3.67. The number of hydrogen-bond acceptors (Lipinski definition) is 4. The molecule has 1 aliphatic rings. The number of amides is 1. The van der Waals surface area contributed by atoms with Gasteiger partial charge in [-0.3, -0.25) is 9.59 Å². The number of ether oxygens (including phenoxy) is 1. The monoisotopic (exact) mass is 230 g/mol. The average Bonchev–Trinajstić information content (AvgIpc) is 2.29. The number of morpholine rings is 1. The van der Waals surface area contributed by atoms with Crippen LogP contribution in [0.4, 0.5) is 0 Å². The first-order chi connectivity index (χ1) is 7.70. The summed E-state index contributed by atoms with van der Waals surface area (Å²) in [6.07, 6.45) is 0.685. The lowest BCUT2D eigenvalue weighted by Gasteiger charge is -2.26. The van der Waals surface area contributed by atoms with Crippen LogP contribution in [0.5, 0.6) is 0 Å². The maximum atomic E-state index is 11.6. The van der Waals surface area contributed by atoms with Crippen LogP contribution in [0.2, 0.25) is 0 Å². The summed E-state index contributed by atoms with van der Waals surface area (Å²) >= 11 is 0. The second-order valence-electron chi connectivity index (χ2n) is 3.67.